The third kappa shape index (κ3) is 0.968. The molecule has 1 N–H and O–H groups in total. The van der Waals surface area contributed by atoms with Crippen molar-refractivity contribution < 1.29 is 0 Å². The van der Waals surface area contributed by atoms with Crippen molar-refractivity contribution in [3.63, 3.8) is 0 Å². The maximum Gasteiger partial charge on any atom is 0.0184 e. The van der Waals surface area contributed by atoms with Gasteiger partial charge in [0, 0.05) is 5.54 Å². The van der Waals surface area contributed by atoms with Crippen molar-refractivity contribution in [3.05, 3.63) is 0 Å². The lowest BCUT2D eigenvalue weighted by atomic mass is 9.69. The van der Waals surface area contributed by atoms with E-state index in [0.29, 0.717) is 5.54 Å². The second-order valence-electron chi connectivity index (χ2n) is 4.16. The summed E-state index contributed by atoms with van der Waals surface area (Å²) in [6.07, 6.45) is 7.17. The Balaban J connectivity index is 1.96. The number of rotatable bonds is 0. The molecular formula is C9H17N. The Morgan fingerprint density at radius 2 is 2.20 bits per heavy atom. The monoisotopic (exact) mass is 139 g/mol. The highest BCUT2D eigenvalue weighted by molar-refractivity contribution is 4.99. The van der Waals surface area contributed by atoms with Gasteiger partial charge in [0.15, 0.2) is 0 Å². The molecule has 1 spiro atoms. The van der Waals surface area contributed by atoms with Gasteiger partial charge < -0.3 is 5.32 Å². The van der Waals surface area contributed by atoms with Crippen molar-refractivity contribution >= 4 is 0 Å². The normalized spacial score (nSPS) is 37.5. The van der Waals surface area contributed by atoms with Gasteiger partial charge in [-0.1, -0.05) is 6.92 Å². The maximum absolute atomic E-state index is 3.66. The fraction of sp³-hybridized carbons (Fsp3) is 1.00. The number of hydrogen-bond acceptors (Lipinski definition) is 1. The molecule has 0 radical (unpaired) electrons. The standard InChI is InChI=1S/C9H17N/c1-8-3-6-10-9(7-8)4-2-5-9/h8,10H,2-7H2,1H3. The highest BCUT2D eigenvalue weighted by atomic mass is 15.0. The van der Waals surface area contributed by atoms with Crippen molar-refractivity contribution in [2.24, 2.45) is 5.92 Å². The van der Waals surface area contributed by atoms with Gasteiger partial charge in [0.2, 0.25) is 0 Å². The molecule has 1 nitrogen and oxygen atoms in total. The predicted molar refractivity (Wildman–Crippen MR) is 43.0 cm³/mol. The summed E-state index contributed by atoms with van der Waals surface area (Å²) < 4.78 is 0. The van der Waals surface area contributed by atoms with Gasteiger partial charge in [0.1, 0.15) is 0 Å². The first-order valence-electron chi connectivity index (χ1n) is 4.56. The van der Waals surface area contributed by atoms with Crippen molar-refractivity contribution in [1.29, 1.82) is 0 Å². The average Bonchev–Trinajstić information content (AvgIpc) is 1.85. The SMILES string of the molecule is CC1CCNC2(CCC2)C1. The molecule has 0 aromatic carbocycles. The Kier molecular flexibility index (Phi) is 1.48. The molecule has 0 aromatic heterocycles. The zero-order chi connectivity index (χ0) is 7.03. The first kappa shape index (κ1) is 6.66. The Morgan fingerprint density at radius 1 is 1.40 bits per heavy atom. The van der Waals surface area contributed by atoms with Crippen LogP contribution >= 0.6 is 0 Å². The van der Waals surface area contributed by atoms with E-state index in [1.807, 2.05) is 0 Å². The average molecular weight is 139 g/mol. The zero-order valence-corrected chi connectivity index (χ0v) is 6.82. The third-order valence-corrected chi connectivity index (χ3v) is 3.19. The molecule has 0 bridgehead atoms. The lowest BCUT2D eigenvalue weighted by Crippen LogP contribution is -2.55. The van der Waals surface area contributed by atoms with Gasteiger partial charge in [0.05, 0.1) is 0 Å². The highest BCUT2D eigenvalue weighted by Gasteiger charge is 2.39. The van der Waals surface area contributed by atoms with Crippen molar-refractivity contribution in [2.45, 2.75) is 44.6 Å². The van der Waals surface area contributed by atoms with Crippen LogP contribution in [0.15, 0.2) is 0 Å². The van der Waals surface area contributed by atoms with Crippen LogP contribution in [0.4, 0.5) is 0 Å². The quantitative estimate of drug-likeness (QED) is 0.540. The minimum Gasteiger partial charge on any atom is -0.311 e. The number of hydrogen-bond donors (Lipinski definition) is 1. The lowest BCUT2D eigenvalue weighted by molar-refractivity contribution is 0.113. The molecule has 1 heteroatoms. The third-order valence-electron chi connectivity index (χ3n) is 3.19. The van der Waals surface area contributed by atoms with Crippen LogP contribution in [-0.4, -0.2) is 12.1 Å². The minimum absolute atomic E-state index is 0.623. The fourth-order valence-corrected chi connectivity index (χ4v) is 2.41. The van der Waals surface area contributed by atoms with Crippen LogP contribution in [-0.2, 0) is 0 Å². The van der Waals surface area contributed by atoms with Crippen LogP contribution in [0.2, 0.25) is 0 Å². The molecule has 2 aliphatic rings. The summed E-state index contributed by atoms with van der Waals surface area (Å²) in [5, 5.41) is 3.66. The van der Waals surface area contributed by atoms with Crippen LogP contribution in [0, 0.1) is 5.92 Å². The van der Waals surface area contributed by atoms with Gasteiger partial charge >= 0.3 is 0 Å². The maximum atomic E-state index is 3.66. The molecule has 1 unspecified atom stereocenters. The Morgan fingerprint density at radius 3 is 2.60 bits per heavy atom. The zero-order valence-electron chi connectivity index (χ0n) is 6.82. The smallest absolute Gasteiger partial charge is 0.0184 e. The van der Waals surface area contributed by atoms with E-state index in [2.05, 4.69) is 12.2 Å². The van der Waals surface area contributed by atoms with E-state index in [-0.39, 0.29) is 0 Å². The molecule has 1 atom stereocenters. The fourth-order valence-electron chi connectivity index (χ4n) is 2.41. The summed E-state index contributed by atoms with van der Waals surface area (Å²) >= 11 is 0. The molecule has 1 saturated heterocycles. The molecule has 1 aliphatic carbocycles. The van der Waals surface area contributed by atoms with E-state index in [0.717, 1.165) is 5.92 Å². The van der Waals surface area contributed by atoms with Crippen molar-refractivity contribution in [3.8, 4) is 0 Å². The van der Waals surface area contributed by atoms with Crippen molar-refractivity contribution in [2.75, 3.05) is 6.54 Å². The Bertz CT molecular complexity index is 127. The molecule has 10 heavy (non-hydrogen) atoms. The second-order valence-corrected chi connectivity index (χ2v) is 4.16. The van der Waals surface area contributed by atoms with Gasteiger partial charge in [0.25, 0.3) is 0 Å². The Labute approximate surface area is 63.2 Å². The summed E-state index contributed by atoms with van der Waals surface area (Å²) in [7, 11) is 0. The van der Waals surface area contributed by atoms with E-state index >= 15 is 0 Å². The second kappa shape index (κ2) is 2.23. The predicted octanol–water partition coefficient (Wildman–Crippen LogP) is 1.93. The molecule has 2 fully saturated rings. The van der Waals surface area contributed by atoms with E-state index < -0.39 is 0 Å². The molecular weight excluding hydrogens is 122 g/mol. The summed E-state index contributed by atoms with van der Waals surface area (Å²) in [6.45, 7) is 3.65. The van der Waals surface area contributed by atoms with Crippen molar-refractivity contribution in [1.82, 2.24) is 5.32 Å². The Hall–Kier alpha value is -0.0400. The largest absolute Gasteiger partial charge is 0.311 e. The van der Waals surface area contributed by atoms with Gasteiger partial charge in [-0.25, -0.2) is 0 Å². The van der Waals surface area contributed by atoms with Gasteiger partial charge in [-0.15, -0.1) is 0 Å². The lowest BCUT2D eigenvalue weighted by Gasteiger charge is -2.47. The first-order chi connectivity index (χ1) is 4.81. The van der Waals surface area contributed by atoms with Gasteiger partial charge in [-0.05, 0) is 44.6 Å². The topological polar surface area (TPSA) is 12.0 Å². The van der Waals surface area contributed by atoms with Crippen LogP contribution < -0.4 is 5.32 Å². The van der Waals surface area contributed by atoms with E-state index in [9.17, 15) is 0 Å². The van der Waals surface area contributed by atoms with Crippen LogP contribution in [0.3, 0.4) is 0 Å². The van der Waals surface area contributed by atoms with Gasteiger partial charge in [-0.3, -0.25) is 0 Å². The molecule has 1 aliphatic heterocycles. The van der Waals surface area contributed by atoms with Crippen LogP contribution in [0.5, 0.6) is 0 Å². The minimum atomic E-state index is 0.623. The van der Waals surface area contributed by atoms with E-state index in [1.54, 1.807) is 0 Å². The molecule has 1 heterocycles. The summed E-state index contributed by atoms with van der Waals surface area (Å²) in [5.74, 6) is 0.974. The van der Waals surface area contributed by atoms with Gasteiger partial charge in [-0.2, -0.15) is 0 Å². The number of piperidine rings is 1. The number of nitrogens with one attached hydrogen (secondary N) is 1. The van der Waals surface area contributed by atoms with E-state index in [1.165, 1.54) is 38.6 Å². The summed E-state index contributed by atoms with van der Waals surface area (Å²) in [6, 6.07) is 0. The highest BCUT2D eigenvalue weighted by Crippen LogP contribution is 2.39. The van der Waals surface area contributed by atoms with E-state index in [4.69, 9.17) is 0 Å². The first-order valence-corrected chi connectivity index (χ1v) is 4.56. The molecule has 0 amide bonds. The molecule has 2 rings (SSSR count). The molecule has 58 valence electrons. The summed E-state index contributed by atoms with van der Waals surface area (Å²) in [4.78, 5) is 0. The molecule has 1 saturated carbocycles. The molecule has 0 aromatic rings. The van der Waals surface area contributed by atoms with Crippen LogP contribution in [0.1, 0.15) is 39.0 Å². The summed E-state index contributed by atoms with van der Waals surface area (Å²) in [5.41, 5.74) is 0.623. The van der Waals surface area contributed by atoms with Crippen LogP contribution in [0.25, 0.3) is 0 Å².